The van der Waals surface area contributed by atoms with Crippen LogP contribution in [0.15, 0.2) is 18.3 Å². The Morgan fingerprint density at radius 2 is 1.88 bits per heavy atom. The number of aliphatic hydroxyl groups is 1. The SMILES string of the molecule is CC(C)n1nc(-c2cnc(N)c(C(F)(F)F)c2)cc1C1[C@H]2CC(O)C[C@@H]12. The molecule has 2 aliphatic rings. The Morgan fingerprint density at radius 3 is 2.46 bits per heavy atom. The normalized spacial score (nSPS) is 27.8. The van der Waals surface area contributed by atoms with E-state index in [-0.39, 0.29) is 12.1 Å². The third kappa shape index (κ3) is 2.76. The van der Waals surface area contributed by atoms with Gasteiger partial charge in [-0.2, -0.15) is 18.3 Å². The van der Waals surface area contributed by atoms with E-state index in [1.54, 1.807) is 0 Å². The molecule has 140 valence electrons. The molecule has 5 nitrogen and oxygen atoms in total. The Balaban J connectivity index is 1.72. The monoisotopic (exact) mass is 366 g/mol. The van der Waals surface area contributed by atoms with Crippen LogP contribution in [0.3, 0.4) is 0 Å². The summed E-state index contributed by atoms with van der Waals surface area (Å²) in [5.41, 5.74) is 6.25. The first-order chi connectivity index (χ1) is 12.2. The number of alkyl halides is 3. The molecular weight excluding hydrogens is 345 g/mol. The van der Waals surface area contributed by atoms with E-state index in [0.717, 1.165) is 24.6 Å². The number of aliphatic hydroxyl groups excluding tert-OH is 1. The summed E-state index contributed by atoms with van der Waals surface area (Å²) in [7, 11) is 0. The highest BCUT2D eigenvalue weighted by atomic mass is 19.4. The van der Waals surface area contributed by atoms with E-state index in [0.29, 0.717) is 29.0 Å². The lowest BCUT2D eigenvalue weighted by Crippen LogP contribution is -2.11. The predicted octanol–water partition coefficient (Wildman–Crippen LogP) is 3.61. The van der Waals surface area contributed by atoms with Gasteiger partial charge >= 0.3 is 6.18 Å². The van der Waals surface area contributed by atoms with Crippen molar-refractivity contribution < 1.29 is 18.3 Å². The van der Waals surface area contributed by atoms with Gasteiger partial charge in [-0.25, -0.2) is 4.98 Å². The van der Waals surface area contributed by atoms with Crippen molar-refractivity contribution >= 4 is 5.82 Å². The number of pyridine rings is 1. The van der Waals surface area contributed by atoms with Gasteiger partial charge in [0, 0.05) is 29.4 Å². The lowest BCUT2D eigenvalue weighted by Gasteiger charge is -2.13. The quantitative estimate of drug-likeness (QED) is 0.870. The van der Waals surface area contributed by atoms with E-state index in [1.165, 1.54) is 6.20 Å². The van der Waals surface area contributed by atoms with Crippen LogP contribution in [0.5, 0.6) is 0 Å². The van der Waals surface area contributed by atoms with Gasteiger partial charge in [-0.15, -0.1) is 0 Å². The molecule has 0 radical (unpaired) electrons. The molecule has 4 atom stereocenters. The molecule has 0 spiro atoms. The van der Waals surface area contributed by atoms with Gasteiger partial charge in [0.1, 0.15) is 5.82 Å². The molecule has 0 bridgehead atoms. The number of rotatable bonds is 3. The van der Waals surface area contributed by atoms with Crippen LogP contribution in [-0.2, 0) is 6.18 Å². The molecule has 2 unspecified atom stereocenters. The molecule has 2 aliphatic carbocycles. The topological polar surface area (TPSA) is 77.0 Å². The second-order valence-corrected chi connectivity index (χ2v) is 7.63. The number of anilines is 1. The first kappa shape index (κ1) is 17.3. The van der Waals surface area contributed by atoms with Crippen molar-refractivity contribution in [1.82, 2.24) is 14.8 Å². The number of aromatic nitrogens is 3. The lowest BCUT2D eigenvalue weighted by atomic mass is 10.0. The van der Waals surface area contributed by atoms with Gasteiger partial charge in [0.05, 0.1) is 17.4 Å². The molecule has 2 heterocycles. The fourth-order valence-corrected chi connectivity index (χ4v) is 4.31. The Hall–Kier alpha value is -2.09. The summed E-state index contributed by atoms with van der Waals surface area (Å²) >= 11 is 0. The Morgan fingerprint density at radius 1 is 1.23 bits per heavy atom. The third-order valence-electron chi connectivity index (χ3n) is 5.54. The summed E-state index contributed by atoms with van der Waals surface area (Å²) < 4.78 is 41.2. The van der Waals surface area contributed by atoms with E-state index >= 15 is 0 Å². The zero-order valence-electron chi connectivity index (χ0n) is 14.5. The van der Waals surface area contributed by atoms with E-state index < -0.39 is 17.6 Å². The van der Waals surface area contributed by atoms with Crippen molar-refractivity contribution in [3.63, 3.8) is 0 Å². The number of halogens is 3. The van der Waals surface area contributed by atoms with E-state index in [1.807, 2.05) is 24.6 Å². The van der Waals surface area contributed by atoms with Gasteiger partial charge in [0.15, 0.2) is 0 Å². The van der Waals surface area contributed by atoms with Crippen molar-refractivity contribution in [3.05, 3.63) is 29.6 Å². The molecule has 2 aromatic rings. The molecular formula is C18H21F3N4O. The van der Waals surface area contributed by atoms with Gasteiger partial charge in [0.25, 0.3) is 0 Å². The van der Waals surface area contributed by atoms with E-state index in [9.17, 15) is 18.3 Å². The second-order valence-electron chi connectivity index (χ2n) is 7.63. The maximum absolute atomic E-state index is 13.1. The third-order valence-corrected chi connectivity index (χ3v) is 5.54. The Labute approximate surface area is 149 Å². The van der Waals surface area contributed by atoms with Crippen LogP contribution in [0.2, 0.25) is 0 Å². The van der Waals surface area contributed by atoms with Crippen LogP contribution in [0.1, 0.15) is 49.9 Å². The predicted molar refractivity (Wildman–Crippen MR) is 90.2 cm³/mol. The lowest BCUT2D eigenvalue weighted by molar-refractivity contribution is -0.137. The van der Waals surface area contributed by atoms with Crippen LogP contribution in [0.25, 0.3) is 11.3 Å². The number of nitrogens with zero attached hydrogens (tertiary/aromatic N) is 3. The minimum Gasteiger partial charge on any atom is -0.393 e. The average Bonchev–Trinajstić information content (AvgIpc) is 2.91. The highest BCUT2D eigenvalue weighted by Crippen LogP contribution is 2.63. The minimum atomic E-state index is -4.56. The van der Waals surface area contributed by atoms with Crippen molar-refractivity contribution in [2.45, 2.75) is 50.9 Å². The van der Waals surface area contributed by atoms with E-state index in [4.69, 9.17) is 5.73 Å². The maximum atomic E-state index is 13.1. The highest BCUT2D eigenvalue weighted by molar-refractivity contribution is 5.63. The van der Waals surface area contributed by atoms with Crippen molar-refractivity contribution in [2.75, 3.05) is 5.73 Å². The summed E-state index contributed by atoms with van der Waals surface area (Å²) in [5, 5.41) is 14.3. The summed E-state index contributed by atoms with van der Waals surface area (Å²) in [6, 6.07) is 2.97. The van der Waals surface area contributed by atoms with Crippen LogP contribution in [0.4, 0.5) is 19.0 Å². The maximum Gasteiger partial charge on any atom is 0.419 e. The number of nitrogens with two attached hydrogens (primary N) is 1. The number of nitrogen functional groups attached to an aromatic ring is 1. The Bertz CT molecular complexity index is 833. The van der Waals surface area contributed by atoms with Crippen molar-refractivity contribution in [2.24, 2.45) is 11.8 Å². The molecule has 0 saturated heterocycles. The average molecular weight is 366 g/mol. The number of hydrogen-bond donors (Lipinski definition) is 2. The Kier molecular flexibility index (Phi) is 3.80. The summed E-state index contributed by atoms with van der Waals surface area (Å²) in [6.07, 6.45) is -1.88. The number of fused-ring (bicyclic) bond motifs is 1. The van der Waals surface area contributed by atoms with Crippen molar-refractivity contribution in [3.8, 4) is 11.3 Å². The molecule has 26 heavy (non-hydrogen) atoms. The summed E-state index contributed by atoms with van der Waals surface area (Å²) in [4.78, 5) is 3.71. The van der Waals surface area contributed by atoms with Gasteiger partial charge < -0.3 is 10.8 Å². The van der Waals surface area contributed by atoms with Gasteiger partial charge in [-0.1, -0.05) is 0 Å². The molecule has 0 aromatic carbocycles. The summed E-state index contributed by atoms with van der Waals surface area (Å²) in [6.45, 7) is 3.99. The van der Waals surface area contributed by atoms with Crippen molar-refractivity contribution in [1.29, 1.82) is 0 Å². The fraction of sp³-hybridized carbons (Fsp3) is 0.556. The molecule has 0 amide bonds. The van der Waals surface area contributed by atoms with Gasteiger partial charge in [-0.3, -0.25) is 4.68 Å². The molecule has 4 rings (SSSR count). The zero-order chi connectivity index (χ0) is 18.8. The van der Waals surface area contributed by atoms with E-state index in [2.05, 4.69) is 10.1 Å². The minimum absolute atomic E-state index is 0.0915. The zero-order valence-corrected chi connectivity index (χ0v) is 14.5. The first-order valence-corrected chi connectivity index (χ1v) is 8.77. The smallest absolute Gasteiger partial charge is 0.393 e. The molecule has 2 saturated carbocycles. The van der Waals surface area contributed by atoms with Crippen LogP contribution in [0, 0.1) is 11.8 Å². The second kappa shape index (κ2) is 5.70. The largest absolute Gasteiger partial charge is 0.419 e. The van der Waals surface area contributed by atoms with Crippen LogP contribution >= 0.6 is 0 Å². The molecule has 2 aromatic heterocycles. The number of hydrogen-bond acceptors (Lipinski definition) is 4. The fourth-order valence-electron chi connectivity index (χ4n) is 4.31. The molecule has 3 N–H and O–H groups in total. The molecule has 2 fully saturated rings. The van der Waals surface area contributed by atoms with Gasteiger partial charge in [0.2, 0.25) is 0 Å². The standard InChI is InChI=1S/C18H21F3N4O/c1-8(2)25-15(16-11-4-10(26)5-12(11)16)6-14(24-25)9-3-13(18(19,20)21)17(22)23-7-9/h3,6-8,10-12,16,26H,4-5H2,1-2H3,(H2,22,23)/t10?,11-,12+,16?. The van der Waals surface area contributed by atoms with Crippen LogP contribution in [-0.4, -0.2) is 26.0 Å². The molecule has 0 aliphatic heterocycles. The van der Waals surface area contributed by atoms with Gasteiger partial charge in [-0.05, 0) is 50.7 Å². The highest BCUT2D eigenvalue weighted by Gasteiger charge is 2.57. The first-order valence-electron chi connectivity index (χ1n) is 8.77. The summed E-state index contributed by atoms with van der Waals surface area (Å²) in [5.74, 6) is 0.686. The molecule has 8 heteroatoms. The van der Waals surface area contributed by atoms with Crippen LogP contribution < -0.4 is 5.73 Å².